The number of hydrogen-bond acceptors (Lipinski definition) is 6. The number of thiophene rings is 1. The molecule has 0 atom stereocenters. The van der Waals surface area contributed by atoms with Crippen molar-refractivity contribution in [1.29, 1.82) is 0 Å². The van der Waals surface area contributed by atoms with Crippen LogP contribution in [0.3, 0.4) is 0 Å². The van der Waals surface area contributed by atoms with Crippen molar-refractivity contribution >= 4 is 50.9 Å². The summed E-state index contributed by atoms with van der Waals surface area (Å²) in [6.45, 7) is 1.86. The zero-order valence-electron chi connectivity index (χ0n) is 17.8. The van der Waals surface area contributed by atoms with Crippen molar-refractivity contribution in [3.8, 4) is 0 Å². The fraction of sp³-hybridized carbons (Fsp3) is 0.364. The first-order valence-corrected chi connectivity index (χ1v) is 11.4. The Hall–Kier alpha value is -2.91. The molecule has 32 heavy (non-hydrogen) atoms. The van der Waals surface area contributed by atoms with Gasteiger partial charge in [-0.15, -0.1) is 11.3 Å². The summed E-state index contributed by atoms with van der Waals surface area (Å²) < 4.78 is 7.01. The molecule has 1 aromatic carbocycles. The quantitative estimate of drug-likeness (QED) is 0.506. The highest BCUT2D eigenvalue weighted by Gasteiger charge is 2.25. The van der Waals surface area contributed by atoms with Gasteiger partial charge < -0.3 is 15.0 Å². The van der Waals surface area contributed by atoms with E-state index in [1.54, 1.807) is 6.07 Å². The summed E-state index contributed by atoms with van der Waals surface area (Å²) in [5.74, 6) is -1.23. The number of hydrogen-bond donors (Lipinski definition) is 1. The van der Waals surface area contributed by atoms with Crippen molar-refractivity contribution in [2.24, 2.45) is 0 Å². The van der Waals surface area contributed by atoms with Crippen molar-refractivity contribution < 1.29 is 19.1 Å². The molecule has 10 heteroatoms. The van der Waals surface area contributed by atoms with E-state index in [0.29, 0.717) is 16.4 Å². The summed E-state index contributed by atoms with van der Waals surface area (Å²) >= 11 is 7.53. The molecule has 0 saturated heterocycles. The number of nitrogens with one attached hydrogen (secondary N) is 1. The van der Waals surface area contributed by atoms with Crippen LogP contribution in [0.4, 0.5) is 0 Å². The molecule has 4 rings (SSSR count). The molecule has 1 saturated carbocycles. The first-order valence-electron chi connectivity index (χ1n) is 10.2. The van der Waals surface area contributed by atoms with E-state index in [1.807, 2.05) is 35.9 Å². The van der Waals surface area contributed by atoms with E-state index < -0.39 is 18.5 Å². The Balaban J connectivity index is 1.38. The van der Waals surface area contributed by atoms with Gasteiger partial charge in [0, 0.05) is 23.5 Å². The normalized spacial score (nSPS) is 13.2. The molecule has 0 aliphatic heterocycles. The first kappa shape index (κ1) is 22.3. The third-order valence-electron chi connectivity index (χ3n) is 5.16. The smallest absolute Gasteiger partial charge is 0.348 e. The third kappa shape index (κ3) is 5.11. The number of carbonyl (C=O) groups excluding carboxylic acids is 3. The molecule has 0 bridgehead atoms. The number of carbonyl (C=O) groups is 3. The molecule has 0 spiro atoms. The molecule has 8 nitrogen and oxygen atoms in total. The fourth-order valence-corrected chi connectivity index (χ4v) is 4.47. The predicted octanol–water partition coefficient (Wildman–Crippen LogP) is 3.00. The zero-order valence-corrected chi connectivity index (χ0v) is 19.3. The Morgan fingerprint density at radius 3 is 2.78 bits per heavy atom. The van der Waals surface area contributed by atoms with Crippen molar-refractivity contribution in [2.45, 2.75) is 32.4 Å². The number of ether oxygens (including phenoxy) is 1. The van der Waals surface area contributed by atoms with E-state index in [1.165, 1.54) is 23.3 Å². The van der Waals surface area contributed by atoms with Gasteiger partial charge in [0.2, 0.25) is 5.91 Å². The highest BCUT2D eigenvalue weighted by Crippen LogP contribution is 2.30. The Labute approximate surface area is 194 Å². The van der Waals surface area contributed by atoms with Gasteiger partial charge in [0.05, 0.1) is 18.8 Å². The van der Waals surface area contributed by atoms with Gasteiger partial charge in [-0.2, -0.15) is 5.10 Å². The Morgan fingerprint density at radius 2 is 2.06 bits per heavy atom. The molecule has 1 N–H and O–H groups in total. The average molecular weight is 475 g/mol. The van der Waals surface area contributed by atoms with E-state index in [0.717, 1.165) is 34.3 Å². The van der Waals surface area contributed by atoms with Crippen LogP contribution in [0.2, 0.25) is 5.02 Å². The number of aryl methyl sites for hydroxylation is 1. The molecule has 0 radical (unpaired) electrons. The van der Waals surface area contributed by atoms with Crippen LogP contribution in [0.15, 0.2) is 30.3 Å². The minimum Gasteiger partial charge on any atom is -0.451 e. The standard InChI is InChI=1S/C22H23ClN4O4S/c1-13-16-9-18(32-21(16)27(25-13)10-14-5-3-4-6-17(14)23)22(30)31-12-20(29)26(2)11-19(28)24-15-7-8-15/h3-6,9,15H,7-8,10-12H2,1-2H3,(H,24,28). The monoisotopic (exact) mass is 474 g/mol. The lowest BCUT2D eigenvalue weighted by Crippen LogP contribution is -2.40. The fourth-order valence-electron chi connectivity index (χ4n) is 3.22. The van der Waals surface area contributed by atoms with E-state index in [4.69, 9.17) is 16.3 Å². The molecular weight excluding hydrogens is 452 g/mol. The van der Waals surface area contributed by atoms with E-state index in [9.17, 15) is 14.4 Å². The lowest BCUT2D eigenvalue weighted by molar-refractivity contribution is -0.137. The van der Waals surface area contributed by atoms with E-state index in [2.05, 4.69) is 10.4 Å². The number of likely N-dealkylation sites (N-methyl/N-ethyl adjacent to an activating group) is 1. The molecule has 0 unspecified atom stereocenters. The molecule has 2 amide bonds. The second-order valence-electron chi connectivity index (χ2n) is 7.83. The summed E-state index contributed by atoms with van der Waals surface area (Å²) in [5, 5.41) is 8.88. The molecule has 168 valence electrons. The van der Waals surface area contributed by atoms with Crippen molar-refractivity contribution in [2.75, 3.05) is 20.2 Å². The topological polar surface area (TPSA) is 93.5 Å². The Kier molecular flexibility index (Phi) is 6.48. The first-order chi connectivity index (χ1) is 15.3. The number of halogens is 1. The summed E-state index contributed by atoms with van der Waals surface area (Å²) in [5.41, 5.74) is 1.72. The third-order valence-corrected chi connectivity index (χ3v) is 6.66. The summed E-state index contributed by atoms with van der Waals surface area (Å²) in [6, 6.07) is 9.49. The molecule has 2 heterocycles. The number of esters is 1. The van der Waals surface area contributed by atoms with Gasteiger partial charge >= 0.3 is 5.97 Å². The summed E-state index contributed by atoms with van der Waals surface area (Å²) in [4.78, 5) is 39.1. The van der Waals surface area contributed by atoms with Gasteiger partial charge in [0.25, 0.3) is 5.91 Å². The molecule has 1 aliphatic rings. The molecule has 3 aromatic rings. The van der Waals surface area contributed by atoms with Gasteiger partial charge in [-0.1, -0.05) is 29.8 Å². The van der Waals surface area contributed by atoms with Crippen LogP contribution >= 0.6 is 22.9 Å². The highest BCUT2D eigenvalue weighted by molar-refractivity contribution is 7.20. The van der Waals surface area contributed by atoms with Crippen LogP contribution in [0.5, 0.6) is 0 Å². The van der Waals surface area contributed by atoms with Crippen LogP contribution in [-0.4, -0.2) is 58.7 Å². The number of amides is 2. The molecule has 1 fully saturated rings. The largest absolute Gasteiger partial charge is 0.451 e. The summed E-state index contributed by atoms with van der Waals surface area (Å²) in [6.07, 6.45) is 1.96. The van der Waals surface area contributed by atoms with Gasteiger partial charge in [-0.05, 0) is 37.5 Å². The van der Waals surface area contributed by atoms with Crippen LogP contribution < -0.4 is 5.32 Å². The lowest BCUT2D eigenvalue weighted by atomic mass is 10.2. The minimum absolute atomic E-state index is 0.0627. The van der Waals surface area contributed by atoms with Crippen LogP contribution in [-0.2, 0) is 20.9 Å². The summed E-state index contributed by atoms with van der Waals surface area (Å²) in [7, 11) is 1.51. The van der Waals surface area contributed by atoms with Crippen molar-refractivity contribution in [3.63, 3.8) is 0 Å². The maximum absolute atomic E-state index is 12.5. The number of aromatic nitrogens is 2. The van der Waals surface area contributed by atoms with Gasteiger partial charge in [0.15, 0.2) is 6.61 Å². The molecule has 2 aromatic heterocycles. The molecular formula is C22H23ClN4O4S. The van der Waals surface area contributed by atoms with Crippen molar-refractivity contribution in [1.82, 2.24) is 20.0 Å². The Morgan fingerprint density at radius 1 is 1.31 bits per heavy atom. The average Bonchev–Trinajstić information content (AvgIpc) is 3.36. The predicted molar refractivity (Wildman–Crippen MR) is 122 cm³/mol. The zero-order chi connectivity index (χ0) is 22.8. The second-order valence-corrected chi connectivity index (χ2v) is 9.27. The van der Waals surface area contributed by atoms with Crippen LogP contribution in [0.1, 0.15) is 33.8 Å². The van der Waals surface area contributed by atoms with Crippen molar-refractivity contribution in [3.05, 3.63) is 51.5 Å². The Bertz CT molecular complexity index is 1180. The molecule has 1 aliphatic carbocycles. The van der Waals surface area contributed by atoms with Crippen LogP contribution in [0.25, 0.3) is 10.2 Å². The van der Waals surface area contributed by atoms with Gasteiger partial charge in [0.1, 0.15) is 9.71 Å². The van der Waals surface area contributed by atoms with Crippen LogP contribution in [0, 0.1) is 6.92 Å². The van der Waals surface area contributed by atoms with Gasteiger partial charge in [-0.3, -0.25) is 14.3 Å². The maximum atomic E-state index is 12.5. The number of rotatable bonds is 8. The SMILES string of the molecule is Cc1nn(Cc2ccccc2Cl)c2sc(C(=O)OCC(=O)N(C)CC(=O)NC3CC3)cc12. The second kappa shape index (κ2) is 9.30. The highest BCUT2D eigenvalue weighted by atomic mass is 35.5. The minimum atomic E-state index is -0.584. The maximum Gasteiger partial charge on any atom is 0.348 e. The van der Waals surface area contributed by atoms with E-state index >= 15 is 0 Å². The van der Waals surface area contributed by atoms with E-state index in [-0.39, 0.29) is 18.5 Å². The lowest BCUT2D eigenvalue weighted by Gasteiger charge is -2.16. The number of benzene rings is 1. The number of nitrogens with zero attached hydrogens (tertiary/aromatic N) is 3. The van der Waals surface area contributed by atoms with Gasteiger partial charge in [-0.25, -0.2) is 4.79 Å². The number of fused-ring (bicyclic) bond motifs is 1.